The molecule has 7 heteroatoms. The van der Waals surface area contributed by atoms with E-state index in [1.807, 2.05) is 6.07 Å². The molecule has 0 saturated carbocycles. The summed E-state index contributed by atoms with van der Waals surface area (Å²) in [6, 6.07) is 8.36. The second kappa shape index (κ2) is 6.74. The van der Waals surface area contributed by atoms with E-state index in [0.29, 0.717) is 20.7 Å². The van der Waals surface area contributed by atoms with Gasteiger partial charge in [-0.05, 0) is 30.3 Å². The fraction of sp³-hybridized carbons (Fsp3) is 0.0769. The second-order valence-corrected chi connectivity index (χ2v) is 5.87. The number of thiophene rings is 1. The van der Waals surface area contributed by atoms with Gasteiger partial charge in [-0.3, -0.25) is 4.79 Å². The molecule has 2 rings (SSSR count). The molecule has 20 heavy (non-hydrogen) atoms. The van der Waals surface area contributed by atoms with Crippen LogP contribution in [-0.2, 0) is 0 Å². The molecule has 0 aliphatic heterocycles. The molecule has 0 atom stereocenters. The summed E-state index contributed by atoms with van der Waals surface area (Å²) in [6.07, 6.45) is 1.52. The minimum Gasteiger partial charge on any atom is -0.496 e. The summed E-state index contributed by atoms with van der Waals surface area (Å²) in [6.45, 7) is 0. The maximum Gasteiger partial charge on any atom is 0.275 e. The number of hydrogen-bond donors (Lipinski definition) is 1. The van der Waals surface area contributed by atoms with Gasteiger partial charge in [-0.2, -0.15) is 5.10 Å². The molecule has 1 N–H and O–H groups in total. The first kappa shape index (κ1) is 14.8. The van der Waals surface area contributed by atoms with Crippen LogP contribution in [0, 0.1) is 0 Å². The van der Waals surface area contributed by atoms with Crippen LogP contribution in [0.4, 0.5) is 0 Å². The third-order valence-corrected chi connectivity index (χ3v) is 3.76. The van der Waals surface area contributed by atoms with Crippen LogP contribution in [0.3, 0.4) is 0 Å². The van der Waals surface area contributed by atoms with E-state index in [1.165, 1.54) is 30.7 Å². The third-order valence-electron chi connectivity index (χ3n) is 2.36. The quantitative estimate of drug-likeness (QED) is 0.685. The summed E-state index contributed by atoms with van der Waals surface area (Å²) in [5, 5.41) is 4.31. The largest absolute Gasteiger partial charge is 0.496 e. The first-order valence-corrected chi connectivity index (χ1v) is 7.09. The minimum atomic E-state index is -0.400. The number of nitrogens with zero attached hydrogens (tertiary/aromatic N) is 1. The smallest absolute Gasteiger partial charge is 0.275 e. The number of hydrazone groups is 1. The predicted molar refractivity (Wildman–Crippen MR) is 82.4 cm³/mol. The van der Waals surface area contributed by atoms with Crippen molar-refractivity contribution in [2.75, 3.05) is 7.11 Å². The van der Waals surface area contributed by atoms with Gasteiger partial charge < -0.3 is 4.74 Å². The SMILES string of the molecule is COc1ccc(Cl)cc1C(=O)NN=Cc1ccc(Cl)s1. The minimum absolute atomic E-state index is 0.321. The molecule has 1 amide bonds. The Morgan fingerprint density at radius 2 is 2.15 bits per heavy atom. The average molecular weight is 329 g/mol. The fourth-order valence-corrected chi connectivity index (χ4v) is 2.58. The van der Waals surface area contributed by atoms with Crippen LogP contribution in [-0.4, -0.2) is 19.2 Å². The molecule has 0 unspecified atom stereocenters. The molecule has 1 aromatic heterocycles. The van der Waals surface area contributed by atoms with Crippen molar-refractivity contribution < 1.29 is 9.53 Å². The van der Waals surface area contributed by atoms with E-state index < -0.39 is 5.91 Å². The van der Waals surface area contributed by atoms with Crippen LogP contribution < -0.4 is 10.2 Å². The van der Waals surface area contributed by atoms with Crippen LogP contribution in [0.1, 0.15) is 15.2 Å². The fourth-order valence-electron chi connectivity index (χ4n) is 1.47. The molecule has 0 bridgehead atoms. The molecule has 2 aromatic rings. The van der Waals surface area contributed by atoms with Crippen LogP contribution in [0.2, 0.25) is 9.36 Å². The van der Waals surface area contributed by atoms with Gasteiger partial charge in [-0.15, -0.1) is 11.3 Å². The normalized spacial score (nSPS) is 10.8. The van der Waals surface area contributed by atoms with Gasteiger partial charge in [-0.25, -0.2) is 5.43 Å². The number of rotatable bonds is 4. The van der Waals surface area contributed by atoms with Crippen molar-refractivity contribution in [2.45, 2.75) is 0 Å². The van der Waals surface area contributed by atoms with Gasteiger partial charge in [0.1, 0.15) is 5.75 Å². The maximum absolute atomic E-state index is 12.0. The van der Waals surface area contributed by atoms with E-state index in [4.69, 9.17) is 27.9 Å². The Kier molecular flexibility index (Phi) is 5.00. The van der Waals surface area contributed by atoms with Gasteiger partial charge >= 0.3 is 0 Å². The first-order chi connectivity index (χ1) is 9.60. The molecule has 1 aromatic carbocycles. The van der Waals surface area contributed by atoms with Crippen LogP contribution in [0.15, 0.2) is 35.4 Å². The standard InChI is InChI=1S/C13H10Cl2N2O2S/c1-19-11-4-2-8(14)6-10(11)13(18)17-16-7-9-3-5-12(15)20-9/h2-7H,1H3,(H,17,18). The number of nitrogens with one attached hydrogen (secondary N) is 1. The van der Waals surface area contributed by atoms with Crippen molar-refractivity contribution in [2.24, 2.45) is 5.10 Å². The van der Waals surface area contributed by atoms with Gasteiger partial charge in [-0.1, -0.05) is 23.2 Å². The van der Waals surface area contributed by atoms with Crippen LogP contribution in [0.5, 0.6) is 5.75 Å². The first-order valence-electron chi connectivity index (χ1n) is 5.52. The molecule has 0 saturated heterocycles. The molecule has 0 aliphatic rings. The van der Waals surface area contributed by atoms with E-state index >= 15 is 0 Å². The summed E-state index contributed by atoms with van der Waals surface area (Å²) in [5.74, 6) is 0.0320. The van der Waals surface area contributed by atoms with E-state index in [-0.39, 0.29) is 0 Å². The Morgan fingerprint density at radius 1 is 1.35 bits per heavy atom. The molecule has 0 spiro atoms. The van der Waals surface area contributed by atoms with Gasteiger partial charge in [0.05, 0.1) is 23.2 Å². The summed E-state index contributed by atoms with van der Waals surface area (Å²) >= 11 is 13.0. The number of hydrogen-bond acceptors (Lipinski definition) is 4. The Hall–Kier alpha value is -1.56. The highest BCUT2D eigenvalue weighted by Gasteiger charge is 2.12. The van der Waals surface area contributed by atoms with Gasteiger partial charge in [0.15, 0.2) is 0 Å². The maximum atomic E-state index is 12.0. The second-order valence-electron chi connectivity index (χ2n) is 3.69. The molecule has 4 nitrogen and oxygen atoms in total. The zero-order chi connectivity index (χ0) is 14.5. The van der Waals surface area contributed by atoms with Crippen molar-refractivity contribution >= 4 is 46.7 Å². The topological polar surface area (TPSA) is 50.7 Å². The Morgan fingerprint density at radius 3 is 2.80 bits per heavy atom. The molecule has 0 aliphatic carbocycles. The third kappa shape index (κ3) is 3.72. The Balaban J connectivity index is 2.08. The van der Waals surface area contributed by atoms with Crippen molar-refractivity contribution in [1.29, 1.82) is 0 Å². The Bertz CT molecular complexity index is 656. The number of benzene rings is 1. The van der Waals surface area contributed by atoms with E-state index in [1.54, 1.807) is 18.2 Å². The van der Waals surface area contributed by atoms with Crippen molar-refractivity contribution in [3.05, 3.63) is 50.1 Å². The lowest BCUT2D eigenvalue weighted by Crippen LogP contribution is -2.18. The number of carbonyl (C=O) groups is 1. The number of methoxy groups -OCH3 is 1. The summed E-state index contributed by atoms with van der Waals surface area (Å²) in [4.78, 5) is 12.8. The summed E-state index contributed by atoms with van der Waals surface area (Å²) in [5.41, 5.74) is 2.73. The van der Waals surface area contributed by atoms with Gasteiger partial charge in [0.2, 0.25) is 0 Å². The monoisotopic (exact) mass is 328 g/mol. The lowest BCUT2D eigenvalue weighted by atomic mass is 10.2. The molecule has 0 fully saturated rings. The zero-order valence-electron chi connectivity index (χ0n) is 10.4. The van der Waals surface area contributed by atoms with E-state index in [9.17, 15) is 4.79 Å². The average Bonchev–Trinajstić information content (AvgIpc) is 2.84. The summed E-state index contributed by atoms with van der Waals surface area (Å²) in [7, 11) is 1.48. The summed E-state index contributed by atoms with van der Waals surface area (Å²) < 4.78 is 5.76. The highest BCUT2D eigenvalue weighted by atomic mass is 35.5. The van der Waals surface area contributed by atoms with Gasteiger partial charge in [0, 0.05) is 9.90 Å². The molecular weight excluding hydrogens is 319 g/mol. The van der Waals surface area contributed by atoms with E-state index in [2.05, 4.69) is 10.5 Å². The number of amides is 1. The zero-order valence-corrected chi connectivity index (χ0v) is 12.7. The Labute approximate surface area is 130 Å². The number of ether oxygens (including phenoxy) is 1. The van der Waals surface area contributed by atoms with Crippen LogP contribution in [0.25, 0.3) is 0 Å². The predicted octanol–water partition coefficient (Wildman–Crippen LogP) is 3.83. The van der Waals surface area contributed by atoms with Crippen molar-refractivity contribution in [3.63, 3.8) is 0 Å². The van der Waals surface area contributed by atoms with Crippen molar-refractivity contribution in [3.8, 4) is 5.75 Å². The number of carbonyl (C=O) groups excluding carboxylic acids is 1. The van der Waals surface area contributed by atoms with Crippen molar-refractivity contribution in [1.82, 2.24) is 5.43 Å². The molecule has 0 radical (unpaired) electrons. The highest BCUT2D eigenvalue weighted by molar-refractivity contribution is 7.17. The van der Waals surface area contributed by atoms with E-state index in [0.717, 1.165) is 4.88 Å². The van der Waals surface area contributed by atoms with Gasteiger partial charge in [0.25, 0.3) is 5.91 Å². The highest BCUT2D eigenvalue weighted by Crippen LogP contribution is 2.22. The number of halogens is 2. The molecule has 104 valence electrons. The molecule has 1 heterocycles. The lowest BCUT2D eigenvalue weighted by Gasteiger charge is -2.06. The molecular formula is C13H10Cl2N2O2S. The van der Waals surface area contributed by atoms with Crippen LogP contribution >= 0.6 is 34.5 Å². The lowest BCUT2D eigenvalue weighted by molar-refractivity contribution is 0.0952.